The van der Waals surface area contributed by atoms with Gasteiger partial charge in [-0.1, -0.05) is 12.1 Å². The second-order valence-electron chi connectivity index (χ2n) is 5.62. The summed E-state index contributed by atoms with van der Waals surface area (Å²) in [6.07, 6.45) is 0.773. The first-order chi connectivity index (χ1) is 13.1. The molecular formula is C20H23FN2O3S. The SMILES string of the molecule is CCOc1ccccc1C(=O)NCC(=O)NCCCSc1ccc(F)cc1. The molecule has 0 saturated heterocycles. The fourth-order valence-electron chi connectivity index (χ4n) is 2.27. The molecule has 0 atom stereocenters. The fraction of sp³-hybridized carbons (Fsp3) is 0.300. The van der Waals surface area contributed by atoms with Crippen LogP contribution in [0.15, 0.2) is 53.4 Å². The van der Waals surface area contributed by atoms with E-state index in [1.54, 1.807) is 48.2 Å². The molecule has 2 N–H and O–H groups in total. The fourth-order valence-corrected chi connectivity index (χ4v) is 3.13. The summed E-state index contributed by atoms with van der Waals surface area (Å²) in [7, 11) is 0. The molecule has 0 heterocycles. The Bertz CT molecular complexity index is 753. The summed E-state index contributed by atoms with van der Waals surface area (Å²) in [6, 6.07) is 13.2. The quantitative estimate of drug-likeness (QED) is 0.483. The molecule has 2 amide bonds. The second-order valence-corrected chi connectivity index (χ2v) is 6.79. The number of rotatable bonds is 10. The summed E-state index contributed by atoms with van der Waals surface area (Å²) in [5.41, 5.74) is 0.405. The van der Waals surface area contributed by atoms with Gasteiger partial charge >= 0.3 is 0 Å². The molecule has 2 rings (SSSR count). The molecule has 0 aromatic heterocycles. The molecule has 0 saturated carbocycles. The van der Waals surface area contributed by atoms with E-state index in [1.807, 2.05) is 6.92 Å². The molecule has 0 bridgehead atoms. The van der Waals surface area contributed by atoms with Crippen LogP contribution in [0.4, 0.5) is 4.39 Å². The van der Waals surface area contributed by atoms with E-state index >= 15 is 0 Å². The standard InChI is InChI=1S/C20H23FN2O3S/c1-2-26-18-7-4-3-6-17(18)20(25)23-14-19(24)22-12-5-13-27-16-10-8-15(21)9-11-16/h3-4,6-11H,2,5,12-14H2,1H3,(H,22,24)(H,23,25). The summed E-state index contributed by atoms with van der Waals surface area (Å²) in [6.45, 7) is 2.72. The summed E-state index contributed by atoms with van der Waals surface area (Å²) >= 11 is 1.60. The summed E-state index contributed by atoms with van der Waals surface area (Å²) in [5.74, 6) is 0.457. The Morgan fingerprint density at radius 2 is 1.81 bits per heavy atom. The van der Waals surface area contributed by atoms with Crippen LogP contribution >= 0.6 is 11.8 Å². The molecular weight excluding hydrogens is 367 g/mol. The molecule has 0 unspecified atom stereocenters. The lowest BCUT2D eigenvalue weighted by atomic mass is 10.2. The normalized spacial score (nSPS) is 10.3. The maximum absolute atomic E-state index is 12.8. The van der Waals surface area contributed by atoms with Crippen molar-refractivity contribution in [2.45, 2.75) is 18.2 Å². The first-order valence-corrected chi connectivity index (χ1v) is 9.73. The number of carbonyl (C=O) groups excluding carboxylic acids is 2. The summed E-state index contributed by atoms with van der Waals surface area (Å²) in [4.78, 5) is 25.0. The third kappa shape index (κ3) is 7.30. The van der Waals surface area contributed by atoms with Crippen molar-refractivity contribution >= 4 is 23.6 Å². The minimum absolute atomic E-state index is 0.0929. The van der Waals surface area contributed by atoms with Gasteiger partial charge in [-0.05, 0) is 55.5 Å². The first kappa shape index (κ1) is 20.8. The van der Waals surface area contributed by atoms with E-state index in [0.717, 1.165) is 17.1 Å². The number of thioether (sulfide) groups is 1. The number of carbonyl (C=O) groups is 2. The summed E-state index contributed by atoms with van der Waals surface area (Å²) in [5, 5.41) is 5.36. The van der Waals surface area contributed by atoms with Gasteiger partial charge in [0.2, 0.25) is 5.91 Å². The van der Waals surface area contributed by atoms with Gasteiger partial charge in [-0.15, -0.1) is 11.8 Å². The third-order valence-corrected chi connectivity index (χ3v) is 4.66. The van der Waals surface area contributed by atoms with Crippen molar-refractivity contribution in [1.29, 1.82) is 0 Å². The van der Waals surface area contributed by atoms with E-state index < -0.39 is 0 Å². The lowest BCUT2D eigenvalue weighted by Crippen LogP contribution is -2.37. The molecule has 0 aliphatic carbocycles. The Morgan fingerprint density at radius 1 is 1.07 bits per heavy atom. The zero-order chi connectivity index (χ0) is 19.5. The number of ether oxygens (including phenoxy) is 1. The van der Waals surface area contributed by atoms with Gasteiger partial charge < -0.3 is 15.4 Å². The van der Waals surface area contributed by atoms with Crippen LogP contribution in [0.25, 0.3) is 0 Å². The molecule has 0 fully saturated rings. The monoisotopic (exact) mass is 390 g/mol. The molecule has 0 aliphatic heterocycles. The van der Waals surface area contributed by atoms with E-state index in [4.69, 9.17) is 4.74 Å². The predicted octanol–water partition coefficient (Wildman–Crippen LogP) is 3.25. The minimum atomic E-state index is -0.346. The van der Waals surface area contributed by atoms with Crippen molar-refractivity contribution < 1.29 is 18.7 Å². The molecule has 27 heavy (non-hydrogen) atoms. The van der Waals surface area contributed by atoms with Gasteiger partial charge in [0.15, 0.2) is 0 Å². The van der Waals surface area contributed by atoms with Gasteiger partial charge in [-0.3, -0.25) is 9.59 Å². The maximum atomic E-state index is 12.8. The molecule has 5 nitrogen and oxygen atoms in total. The van der Waals surface area contributed by atoms with E-state index in [1.165, 1.54) is 12.1 Å². The van der Waals surface area contributed by atoms with Crippen molar-refractivity contribution in [3.8, 4) is 5.75 Å². The lowest BCUT2D eigenvalue weighted by molar-refractivity contribution is -0.120. The number of nitrogens with one attached hydrogen (secondary N) is 2. The smallest absolute Gasteiger partial charge is 0.255 e. The van der Waals surface area contributed by atoms with Crippen molar-refractivity contribution in [2.75, 3.05) is 25.4 Å². The molecule has 0 radical (unpaired) electrons. The molecule has 7 heteroatoms. The van der Waals surface area contributed by atoms with Crippen molar-refractivity contribution in [1.82, 2.24) is 10.6 Å². The molecule has 2 aromatic carbocycles. The first-order valence-electron chi connectivity index (χ1n) is 8.75. The number of benzene rings is 2. The average Bonchev–Trinajstić information content (AvgIpc) is 2.68. The molecule has 0 spiro atoms. The van der Waals surface area contributed by atoms with Crippen LogP contribution in [0, 0.1) is 5.82 Å². The number of halogens is 1. The maximum Gasteiger partial charge on any atom is 0.255 e. The van der Waals surface area contributed by atoms with Crippen LogP contribution in [-0.2, 0) is 4.79 Å². The van der Waals surface area contributed by atoms with Gasteiger partial charge in [0.05, 0.1) is 18.7 Å². The molecule has 144 valence electrons. The Kier molecular flexibility index (Phi) is 8.64. The zero-order valence-corrected chi connectivity index (χ0v) is 16.0. The number of hydrogen-bond acceptors (Lipinski definition) is 4. The van der Waals surface area contributed by atoms with E-state index in [9.17, 15) is 14.0 Å². The Balaban J connectivity index is 1.64. The van der Waals surface area contributed by atoms with E-state index in [0.29, 0.717) is 24.5 Å². The van der Waals surface area contributed by atoms with E-state index in [2.05, 4.69) is 10.6 Å². The topological polar surface area (TPSA) is 67.4 Å². The number of hydrogen-bond donors (Lipinski definition) is 2. The van der Waals surface area contributed by atoms with Gasteiger partial charge in [-0.2, -0.15) is 0 Å². The van der Waals surface area contributed by atoms with Crippen molar-refractivity contribution in [3.05, 3.63) is 59.9 Å². The largest absolute Gasteiger partial charge is 0.493 e. The van der Waals surface area contributed by atoms with Crippen LogP contribution in [0.1, 0.15) is 23.7 Å². The highest BCUT2D eigenvalue weighted by Gasteiger charge is 2.12. The molecule has 0 aliphatic rings. The van der Waals surface area contributed by atoms with Gasteiger partial charge in [0, 0.05) is 11.4 Å². The van der Waals surface area contributed by atoms with Gasteiger partial charge in [-0.25, -0.2) is 4.39 Å². The highest BCUT2D eigenvalue weighted by molar-refractivity contribution is 7.99. The average molecular weight is 390 g/mol. The Labute approximate surface area is 162 Å². The van der Waals surface area contributed by atoms with Crippen LogP contribution in [-0.4, -0.2) is 37.3 Å². The highest BCUT2D eigenvalue weighted by Crippen LogP contribution is 2.19. The second kappa shape index (κ2) is 11.2. The number of para-hydroxylation sites is 1. The minimum Gasteiger partial charge on any atom is -0.493 e. The van der Waals surface area contributed by atoms with Crippen molar-refractivity contribution in [3.63, 3.8) is 0 Å². The van der Waals surface area contributed by atoms with E-state index in [-0.39, 0.29) is 24.2 Å². The van der Waals surface area contributed by atoms with Crippen LogP contribution in [0.2, 0.25) is 0 Å². The van der Waals surface area contributed by atoms with Crippen LogP contribution in [0.5, 0.6) is 5.75 Å². The van der Waals surface area contributed by atoms with Crippen molar-refractivity contribution in [2.24, 2.45) is 0 Å². The van der Waals surface area contributed by atoms with Crippen LogP contribution in [0.3, 0.4) is 0 Å². The number of amides is 2. The zero-order valence-electron chi connectivity index (χ0n) is 15.2. The highest BCUT2D eigenvalue weighted by atomic mass is 32.2. The predicted molar refractivity (Wildman–Crippen MR) is 105 cm³/mol. The molecule has 2 aromatic rings. The summed E-state index contributed by atoms with van der Waals surface area (Å²) < 4.78 is 18.2. The van der Waals surface area contributed by atoms with Crippen LogP contribution < -0.4 is 15.4 Å². The third-order valence-electron chi connectivity index (χ3n) is 3.57. The Morgan fingerprint density at radius 3 is 2.56 bits per heavy atom. The van der Waals surface area contributed by atoms with Gasteiger partial charge in [0.1, 0.15) is 11.6 Å². The Hall–Kier alpha value is -2.54. The lowest BCUT2D eigenvalue weighted by Gasteiger charge is -2.10. The van der Waals surface area contributed by atoms with Gasteiger partial charge in [0.25, 0.3) is 5.91 Å².